The maximum Gasteiger partial charge on any atom is 0.309 e. The Hall–Kier alpha value is -1.59. The minimum absolute atomic E-state index is 0.0906. The predicted molar refractivity (Wildman–Crippen MR) is 67.4 cm³/mol. The zero-order valence-electron chi connectivity index (χ0n) is 11.8. The molecule has 0 N–H and O–H groups in total. The molecule has 0 bridgehead atoms. The smallest absolute Gasteiger partial charge is 0.309 e. The highest BCUT2D eigenvalue weighted by Crippen LogP contribution is 2.46. The fourth-order valence-electron chi connectivity index (χ4n) is 3.50. The molecule has 1 aliphatic heterocycles. The minimum atomic E-state index is -0.422. The standard InChI is InChI=1S/C14H20O6/c1-18-11(15)7-8-3-4-9(12(8)14(17)19-2)10-5-6-20-13(10)16/h8-10,12H,3-7H2,1-2H3/t8-,9+,10?,12+/m0/s1. The first-order valence-electron chi connectivity index (χ1n) is 6.89. The second kappa shape index (κ2) is 6.24. The lowest BCUT2D eigenvalue weighted by Gasteiger charge is -2.24. The van der Waals surface area contributed by atoms with E-state index in [0.29, 0.717) is 13.0 Å². The molecule has 6 nitrogen and oxygen atoms in total. The Morgan fingerprint density at radius 2 is 1.95 bits per heavy atom. The number of hydrogen-bond donors (Lipinski definition) is 0. The molecule has 0 aromatic carbocycles. The van der Waals surface area contributed by atoms with Gasteiger partial charge in [0.15, 0.2) is 0 Å². The molecule has 0 aromatic rings. The van der Waals surface area contributed by atoms with Crippen LogP contribution in [0.1, 0.15) is 25.7 Å². The lowest BCUT2D eigenvalue weighted by Crippen LogP contribution is -2.33. The number of esters is 3. The van der Waals surface area contributed by atoms with Crippen molar-refractivity contribution in [1.29, 1.82) is 0 Å². The number of cyclic esters (lactones) is 1. The van der Waals surface area contributed by atoms with Crippen LogP contribution in [0.25, 0.3) is 0 Å². The molecular weight excluding hydrogens is 264 g/mol. The molecule has 1 heterocycles. The van der Waals surface area contributed by atoms with Crippen molar-refractivity contribution in [3.63, 3.8) is 0 Å². The first-order valence-corrected chi connectivity index (χ1v) is 6.89. The van der Waals surface area contributed by atoms with Crippen LogP contribution >= 0.6 is 0 Å². The van der Waals surface area contributed by atoms with Crippen LogP contribution in [0.5, 0.6) is 0 Å². The third-order valence-corrected chi connectivity index (χ3v) is 4.46. The van der Waals surface area contributed by atoms with Crippen molar-refractivity contribution in [1.82, 2.24) is 0 Å². The molecule has 20 heavy (non-hydrogen) atoms. The Morgan fingerprint density at radius 3 is 2.50 bits per heavy atom. The van der Waals surface area contributed by atoms with Gasteiger partial charge in [-0.2, -0.15) is 0 Å². The van der Waals surface area contributed by atoms with E-state index in [1.54, 1.807) is 0 Å². The summed E-state index contributed by atoms with van der Waals surface area (Å²) >= 11 is 0. The van der Waals surface area contributed by atoms with Gasteiger partial charge in [0, 0.05) is 6.42 Å². The number of rotatable bonds is 4. The second-order valence-electron chi connectivity index (χ2n) is 5.39. The fraction of sp³-hybridized carbons (Fsp3) is 0.786. The van der Waals surface area contributed by atoms with E-state index >= 15 is 0 Å². The molecule has 4 atom stereocenters. The van der Waals surface area contributed by atoms with E-state index in [0.717, 1.165) is 12.8 Å². The quantitative estimate of drug-likeness (QED) is 0.564. The average Bonchev–Trinajstić information content (AvgIpc) is 3.03. The molecule has 1 unspecified atom stereocenters. The van der Waals surface area contributed by atoms with Gasteiger partial charge in [-0.15, -0.1) is 0 Å². The molecule has 2 aliphatic rings. The second-order valence-corrected chi connectivity index (χ2v) is 5.39. The summed E-state index contributed by atoms with van der Waals surface area (Å²) in [6, 6.07) is 0. The summed E-state index contributed by atoms with van der Waals surface area (Å²) in [5.41, 5.74) is 0. The van der Waals surface area contributed by atoms with Crippen LogP contribution in [-0.4, -0.2) is 38.7 Å². The maximum absolute atomic E-state index is 12.0. The van der Waals surface area contributed by atoms with Crippen LogP contribution in [0.3, 0.4) is 0 Å². The summed E-state index contributed by atoms with van der Waals surface area (Å²) < 4.78 is 14.5. The van der Waals surface area contributed by atoms with Crippen molar-refractivity contribution in [3.05, 3.63) is 0 Å². The van der Waals surface area contributed by atoms with Crippen LogP contribution in [0, 0.1) is 23.7 Å². The molecule has 1 saturated heterocycles. The number of methoxy groups -OCH3 is 2. The third kappa shape index (κ3) is 2.78. The van der Waals surface area contributed by atoms with Crippen LogP contribution in [-0.2, 0) is 28.6 Å². The highest BCUT2D eigenvalue weighted by molar-refractivity contribution is 5.79. The van der Waals surface area contributed by atoms with Gasteiger partial charge < -0.3 is 14.2 Å². The summed E-state index contributed by atoms with van der Waals surface area (Å²) in [7, 11) is 2.66. The molecule has 0 aromatic heterocycles. The van der Waals surface area contributed by atoms with Gasteiger partial charge in [-0.25, -0.2) is 0 Å². The summed E-state index contributed by atoms with van der Waals surface area (Å²) in [5, 5.41) is 0. The van der Waals surface area contributed by atoms with Crippen molar-refractivity contribution >= 4 is 17.9 Å². The van der Waals surface area contributed by atoms with Gasteiger partial charge in [0.25, 0.3) is 0 Å². The SMILES string of the molecule is COC(=O)C[C@@H]1CC[C@H](C2CCOC2=O)[C@@H]1C(=O)OC. The van der Waals surface area contributed by atoms with E-state index in [1.165, 1.54) is 14.2 Å². The summed E-state index contributed by atoms with van der Waals surface area (Å²) in [4.78, 5) is 35.2. The highest BCUT2D eigenvalue weighted by Gasteiger charge is 2.49. The van der Waals surface area contributed by atoms with E-state index < -0.39 is 5.92 Å². The minimum Gasteiger partial charge on any atom is -0.469 e. The zero-order valence-corrected chi connectivity index (χ0v) is 11.8. The average molecular weight is 284 g/mol. The molecule has 112 valence electrons. The van der Waals surface area contributed by atoms with Crippen LogP contribution in [0.15, 0.2) is 0 Å². The van der Waals surface area contributed by atoms with E-state index in [9.17, 15) is 14.4 Å². The van der Waals surface area contributed by atoms with Crippen LogP contribution < -0.4 is 0 Å². The molecule has 0 radical (unpaired) electrons. The summed E-state index contributed by atoms with van der Waals surface area (Å²) in [5.74, 6) is -1.79. The lowest BCUT2D eigenvalue weighted by atomic mass is 9.79. The highest BCUT2D eigenvalue weighted by atomic mass is 16.5. The van der Waals surface area contributed by atoms with Crippen molar-refractivity contribution in [2.75, 3.05) is 20.8 Å². The van der Waals surface area contributed by atoms with Gasteiger partial charge >= 0.3 is 17.9 Å². The van der Waals surface area contributed by atoms with Crippen molar-refractivity contribution in [3.8, 4) is 0 Å². The Labute approximate surface area is 117 Å². The van der Waals surface area contributed by atoms with Crippen LogP contribution in [0.2, 0.25) is 0 Å². The molecule has 0 spiro atoms. The van der Waals surface area contributed by atoms with Gasteiger partial charge in [-0.1, -0.05) is 0 Å². The normalized spacial score (nSPS) is 32.8. The zero-order chi connectivity index (χ0) is 14.7. The Kier molecular flexibility index (Phi) is 4.62. The molecule has 2 rings (SSSR count). The number of carbonyl (C=O) groups is 3. The third-order valence-electron chi connectivity index (χ3n) is 4.46. The molecule has 1 aliphatic carbocycles. The van der Waals surface area contributed by atoms with E-state index in [4.69, 9.17) is 9.47 Å². The molecule has 6 heteroatoms. The van der Waals surface area contributed by atoms with Gasteiger partial charge in [0.1, 0.15) is 0 Å². The largest absolute Gasteiger partial charge is 0.469 e. The van der Waals surface area contributed by atoms with Crippen molar-refractivity contribution in [2.24, 2.45) is 23.7 Å². The first kappa shape index (κ1) is 14.8. The summed E-state index contributed by atoms with van der Waals surface area (Å²) in [6.45, 7) is 0.412. The Balaban J connectivity index is 2.14. The van der Waals surface area contributed by atoms with Gasteiger partial charge in [-0.3, -0.25) is 14.4 Å². The van der Waals surface area contributed by atoms with Gasteiger partial charge in [0.05, 0.1) is 32.7 Å². The predicted octanol–water partition coefficient (Wildman–Crippen LogP) is 0.928. The van der Waals surface area contributed by atoms with Crippen molar-refractivity contribution < 1.29 is 28.6 Å². The number of carbonyl (C=O) groups excluding carboxylic acids is 3. The summed E-state index contributed by atoms with van der Waals surface area (Å²) in [6.07, 6.45) is 2.29. The number of hydrogen-bond acceptors (Lipinski definition) is 6. The van der Waals surface area contributed by atoms with Crippen LogP contribution in [0.4, 0.5) is 0 Å². The molecule has 1 saturated carbocycles. The van der Waals surface area contributed by atoms with Gasteiger partial charge in [-0.05, 0) is 31.1 Å². The fourth-order valence-corrected chi connectivity index (χ4v) is 3.50. The maximum atomic E-state index is 12.0. The van der Waals surface area contributed by atoms with E-state index in [1.807, 2.05) is 0 Å². The van der Waals surface area contributed by atoms with E-state index in [-0.39, 0.29) is 42.1 Å². The van der Waals surface area contributed by atoms with E-state index in [2.05, 4.69) is 4.74 Å². The van der Waals surface area contributed by atoms with Crippen molar-refractivity contribution in [2.45, 2.75) is 25.7 Å². The molecule has 0 amide bonds. The monoisotopic (exact) mass is 284 g/mol. The molecular formula is C14H20O6. The topological polar surface area (TPSA) is 78.9 Å². The Morgan fingerprint density at radius 1 is 1.20 bits per heavy atom. The lowest BCUT2D eigenvalue weighted by molar-refractivity contribution is -0.152. The Bertz CT molecular complexity index is 404. The first-order chi connectivity index (χ1) is 9.58. The van der Waals surface area contributed by atoms with Gasteiger partial charge in [0.2, 0.25) is 0 Å². The molecule has 2 fully saturated rings. The number of ether oxygens (including phenoxy) is 3.